The van der Waals surface area contributed by atoms with Crippen molar-refractivity contribution in [2.24, 2.45) is 5.92 Å². The molecule has 2 heterocycles. The minimum absolute atomic E-state index is 0.145. The van der Waals surface area contributed by atoms with E-state index in [-0.39, 0.29) is 5.91 Å². The van der Waals surface area contributed by atoms with Crippen LogP contribution in [-0.2, 0) is 4.74 Å². The minimum Gasteiger partial charge on any atom is -0.381 e. The van der Waals surface area contributed by atoms with Gasteiger partial charge in [0.1, 0.15) is 5.69 Å². The summed E-state index contributed by atoms with van der Waals surface area (Å²) in [5, 5.41) is 4.31. The molecule has 0 bridgehead atoms. The number of fused-ring (bicyclic) bond motifs is 1. The van der Waals surface area contributed by atoms with Crippen molar-refractivity contribution in [2.75, 3.05) is 19.8 Å². The number of ether oxygens (including phenoxy) is 1. The summed E-state index contributed by atoms with van der Waals surface area (Å²) < 4.78 is 5.44. The third kappa shape index (κ3) is 3.22. The maximum atomic E-state index is 12.2. The highest BCUT2D eigenvalue weighted by molar-refractivity contribution is 6.38. The molecule has 0 saturated carbocycles. The van der Waals surface area contributed by atoms with Crippen LogP contribution >= 0.6 is 11.6 Å². The van der Waals surface area contributed by atoms with Crippen LogP contribution in [0.15, 0.2) is 24.3 Å². The molecule has 1 aromatic heterocycles. The lowest BCUT2D eigenvalue weighted by molar-refractivity contribution is 0.0514. The fourth-order valence-corrected chi connectivity index (χ4v) is 3.08. The smallest absolute Gasteiger partial charge is 0.269 e. The number of H-pyrrole nitrogens is 1. The summed E-state index contributed by atoms with van der Waals surface area (Å²) >= 11 is 6.27. The second-order valence-electron chi connectivity index (χ2n) is 5.49. The zero-order valence-corrected chi connectivity index (χ0v) is 12.6. The Balaban J connectivity index is 1.60. The van der Waals surface area contributed by atoms with Gasteiger partial charge >= 0.3 is 0 Å². The summed E-state index contributed by atoms with van der Waals surface area (Å²) in [6.45, 7) is 2.33. The number of benzene rings is 1. The molecule has 3 rings (SSSR count). The molecule has 1 atom stereocenters. The number of para-hydroxylation sites is 1. The number of halogens is 1. The Hall–Kier alpha value is -1.52. The molecular formula is C16H19ClN2O2. The van der Waals surface area contributed by atoms with Crippen LogP contribution in [0.2, 0.25) is 5.02 Å². The third-order valence-electron chi connectivity index (χ3n) is 3.96. The van der Waals surface area contributed by atoms with Gasteiger partial charge < -0.3 is 15.0 Å². The minimum atomic E-state index is -0.145. The predicted octanol–water partition coefficient (Wildman–Crippen LogP) is 3.37. The van der Waals surface area contributed by atoms with Gasteiger partial charge in [-0.05, 0) is 31.2 Å². The second kappa shape index (κ2) is 6.50. The summed E-state index contributed by atoms with van der Waals surface area (Å²) in [6.07, 6.45) is 3.25. The third-order valence-corrected chi connectivity index (χ3v) is 4.36. The van der Waals surface area contributed by atoms with Crippen LogP contribution in [0.4, 0.5) is 0 Å². The average molecular weight is 307 g/mol. The van der Waals surface area contributed by atoms with E-state index in [4.69, 9.17) is 16.3 Å². The van der Waals surface area contributed by atoms with E-state index in [1.807, 2.05) is 24.3 Å². The van der Waals surface area contributed by atoms with Crippen molar-refractivity contribution in [3.63, 3.8) is 0 Å². The van der Waals surface area contributed by atoms with Crippen LogP contribution in [-0.4, -0.2) is 30.6 Å². The molecule has 1 amide bonds. The predicted molar refractivity (Wildman–Crippen MR) is 83.8 cm³/mol. The summed E-state index contributed by atoms with van der Waals surface area (Å²) in [6, 6.07) is 7.65. The van der Waals surface area contributed by atoms with Gasteiger partial charge in [-0.2, -0.15) is 0 Å². The number of hydrogen-bond acceptors (Lipinski definition) is 2. The topological polar surface area (TPSA) is 54.1 Å². The van der Waals surface area contributed by atoms with E-state index in [1.165, 1.54) is 6.42 Å². The normalized spacial score (nSPS) is 18.8. The SMILES string of the molecule is O=C(NCC[C@H]1CCCOC1)c1[nH]c2ccccc2c1Cl. The van der Waals surface area contributed by atoms with Crippen LogP contribution in [0.5, 0.6) is 0 Å². The molecular weight excluding hydrogens is 288 g/mol. The summed E-state index contributed by atoms with van der Waals surface area (Å²) in [7, 11) is 0. The van der Waals surface area contributed by atoms with Gasteiger partial charge in [-0.25, -0.2) is 0 Å². The molecule has 1 fully saturated rings. The van der Waals surface area contributed by atoms with Crippen LogP contribution in [0, 0.1) is 5.92 Å². The molecule has 112 valence electrons. The zero-order valence-electron chi connectivity index (χ0n) is 11.8. The van der Waals surface area contributed by atoms with E-state index >= 15 is 0 Å². The number of carbonyl (C=O) groups is 1. The molecule has 5 heteroatoms. The fourth-order valence-electron chi connectivity index (χ4n) is 2.78. The van der Waals surface area contributed by atoms with Crippen LogP contribution in [0.3, 0.4) is 0 Å². The summed E-state index contributed by atoms with van der Waals surface area (Å²) in [4.78, 5) is 15.3. The van der Waals surface area contributed by atoms with Crippen molar-refractivity contribution in [3.8, 4) is 0 Å². The van der Waals surface area contributed by atoms with Crippen LogP contribution < -0.4 is 5.32 Å². The van der Waals surface area contributed by atoms with E-state index in [2.05, 4.69) is 10.3 Å². The van der Waals surface area contributed by atoms with Crippen molar-refractivity contribution >= 4 is 28.4 Å². The number of rotatable bonds is 4. The quantitative estimate of drug-likeness (QED) is 0.910. The number of carbonyl (C=O) groups excluding carboxylic acids is 1. The van der Waals surface area contributed by atoms with Crippen molar-refractivity contribution < 1.29 is 9.53 Å². The Morgan fingerprint density at radius 2 is 2.29 bits per heavy atom. The molecule has 0 spiro atoms. The lowest BCUT2D eigenvalue weighted by Gasteiger charge is -2.21. The molecule has 1 aliphatic heterocycles. The molecule has 1 aromatic carbocycles. The maximum Gasteiger partial charge on any atom is 0.269 e. The zero-order chi connectivity index (χ0) is 14.7. The number of aromatic amines is 1. The highest BCUT2D eigenvalue weighted by Gasteiger charge is 2.17. The molecule has 1 saturated heterocycles. The van der Waals surface area contributed by atoms with Gasteiger partial charge in [0.2, 0.25) is 0 Å². The summed E-state index contributed by atoms with van der Waals surface area (Å²) in [5.41, 5.74) is 1.33. The Morgan fingerprint density at radius 3 is 3.05 bits per heavy atom. The fraction of sp³-hybridized carbons (Fsp3) is 0.438. The summed E-state index contributed by atoms with van der Waals surface area (Å²) in [5.74, 6) is 0.408. The number of nitrogens with one attached hydrogen (secondary N) is 2. The van der Waals surface area contributed by atoms with Gasteiger partial charge in [-0.15, -0.1) is 0 Å². The largest absolute Gasteiger partial charge is 0.381 e. The first-order valence-electron chi connectivity index (χ1n) is 7.38. The molecule has 0 radical (unpaired) electrons. The lowest BCUT2D eigenvalue weighted by atomic mass is 9.99. The van der Waals surface area contributed by atoms with Crippen LogP contribution in [0.1, 0.15) is 29.8 Å². The van der Waals surface area contributed by atoms with Gasteiger partial charge in [-0.1, -0.05) is 29.8 Å². The average Bonchev–Trinajstić information content (AvgIpc) is 2.86. The maximum absolute atomic E-state index is 12.2. The number of hydrogen-bond donors (Lipinski definition) is 2. The molecule has 2 N–H and O–H groups in total. The number of amides is 1. The molecule has 0 unspecified atom stereocenters. The molecule has 21 heavy (non-hydrogen) atoms. The van der Waals surface area contributed by atoms with Crippen molar-refractivity contribution in [2.45, 2.75) is 19.3 Å². The first-order chi connectivity index (χ1) is 10.3. The number of aromatic nitrogens is 1. The van der Waals surface area contributed by atoms with E-state index in [0.717, 1.165) is 37.0 Å². The Morgan fingerprint density at radius 1 is 1.43 bits per heavy atom. The lowest BCUT2D eigenvalue weighted by Crippen LogP contribution is -2.28. The Kier molecular flexibility index (Phi) is 4.46. The molecule has 2 aromatic rings. The van der Waals surface area contributed by atoms with Gasteiger partial charge in [0, 0.05) is 30.7 Å². The van der Waals surface area contributed by atoms with E-state index in [9.17, 15) is 4.79 Å². The molecule has 0 aliphatic carbocycles. The van der Waals surface area contributed by atoms with Crippen molar-refractivity contribution in [1.29, 1.82) is 0 Å². The van der Waals surface area contributed by atoms with Crippen LogP contribution in [0.25, 0.3) is 10.9 Å². The van der Waals surface area contributed by atoms with E-state index in [0.29, 0.717) is 23.2 Å². The molecule has 4 nitrogen and oxygen atoms in total. The molecule has 1 aliphatic rings. The van der Waals surface area contributed by atoms with Gasteiger partial charge in [0.05, 0.1) is 5.02 Å². The second-order valence-corrected chi connectivity index (χ2v) is 5.87. The first-order valence-corrected chi connectivity index (χ1v) is 7.75. The van der Waals surface area contributed by atoms with Gasteiger partial charge in [0.25, 0.3) is 5.91 Å². The van der Waals surface area contributed by atoms with E-state index in [1.54, 1.807) is 0 Å². The van der Waals surface area contributed by atoms with E-state index < -0.39 is 0 Å². The van der Waals surface area contributed by atoms with Crippen molar-refractivity contribution in [1.82, 2.24) is 10.3 Å². The monoisotopic (exact) mass is 306 g/mol. The van der Waals surface area contributed by atoms with Gasteiger partial charge in [-0.3, -0.25) is 4.79 Å². The van der Waals surface area contributed by atoms with Crippen molar-refractivity contribution in [3.05, 3.63) is 35.0 Å². The Bertz CT molecular complexity index is 632. The van der Waals surface area contributed by atoms with Gasteiger partial charge in [0.15, 0.2) is 0 Å². The standard InChI is InChI=1S/C16H19ClN2O2/c17-14-12-5-1-2-6-13(12)19-15(14)16(20)18-8-7-11-4-3-9-21-10-11/h1-2,5-6,11,19H,3-4,7-10H2,(H,18,20)/t11-/m1/s1. The first kappa shape index (κ1) is 14.4. The highest BCUT2D eigenvalue weighted by atomic mass is 35.5. The highest BCUT2D eigenvalue weighted by Crippen LogP contribution is 2.27. The Labute approximate surface area is 128 Å².